The highest BCUT2D eigenvalue weighted by molar-refractivity contribution is 5.80. The molecule has 0 bridgehead atoms. The Morgan fingerprint density at radius 2 is 2.05 bits per heavy atom. The van der Waals surface area contributed by atoms with Crippen LogP contribution in [0.25, 0.3) is 0 Å². The van der Waals surface area contributed by atoms with Crippen molar-refractivity contribution in [2.24, 2.45) is 5.92 Å². The van der Waals surface area contributed by atoms with E-state index >= 15 is 0 Å². The van der Waals surface area contributed by atoms with E-state index in [1.54, 1.807) is 20.8 Å². The fourth-order valence-corrected chi connectivity index (χ4v) is 2.60. The van der Waals surface area contributed by atoms with Crippen LogP contribution in [0, 0.1) is 5.92 Å². The summed E-state index contributed by atoms with van der Waals surface area (Å²) in [5.41, 5.74) is -0.626. The number of carboxylic acid groups (broad SMARTS) is 1. The minimum absolute atomic E-state index is 0.0495. The molecule has 0 saturated carbocycles. The van der Waals surface area contributed by atoms with Crippen molar-refractivity contribution in [3.63, 3.8) is 0 Å². The fourth-order valence-electron chi connectivity index (χ4n) is 2.60. The molecule has 0 aromatic heterocycles. The number of aliphatic carboxylic acids is 1. The van der Waals surface area contributed by atoms with Gasteiger partial charge in [-0.05, 0) is 52.4 Å². The van der Waals surface area contributed by atoms with Crippen LogP contribution in [0.2, 0.25) is 0 Å². The van der Waals surface area contributed by atoms with Gasteiger partial charge in [0.05, 0.1) is 0 Å². The first kappa shape index (κ1) is 17.5. The van der Waals surface area contributed by atoms with Crippen LogP contribution >= 0.6 is 0 Å². The molecule has 1 amide bonds. The SMILES string of the molecule is CCCN(C(=O)OC(C)(C)C)C(C(=O)O)C1CC=CCC1. The highest BCUT2D eigenvalue weighted by Gasteiger charge is 2.37. The van der Waals surface area contributed by atoms with E-state index in [9.17, 15) is 14.7 Å². The van der Waals surface area contributed by atoms with Crippen molar-refractivity contribution in [3.05, 3.63) is 12.2 Å². The normalized spacial score (nSPS) is 19.9. The molecule has 0 heterocycles. The Labute approximate surface area is 127 Å². The Hall–Kier alpha value is -1.52. The van der Waals surface area contributed by atoms with E-state index in [0.717, 1.165) is 12.8 Å². The minimum Gasteiger partial charge on any atom is -0.480 e. The lowest BCUT2D eigenvalue weighted by atomic mass is 9.87. The number of nitrogens with zero attached hydrogens (tertiary/aromatic N) is 1. The van der Waals surface area contributed by atoms with Crippen LogP contribution in [0.5, 0.6) is 0 Å². The molecule has 2 unspecified atom stereocenters. The van der Waals surface area contributed by atoms with Crippen LogP contribution in [-0.2, 0) is 9.53 Å². The summed E-state index contributed by atoms with van der Waals surface area (Å²) in [4.78, 5) is 25.5. The molecule has 0 radical (unpaired) electrons. The highest BCUT2D eigenvalue weighted by atomic mass is 16.6. The van der Waals surface area contributed by atoms with Gasteiger partial charge in [0.25, 0.3) is 0 Å². The van der Waals surface area contributed by atoms with Crippen molar-refractivity contribution in [1.82, 2.24) is 4.90 Å². The van der Waals surface area contributed by atoms with Gasteiger partial charge in [0.2, 0.25) is 0 Å². The Morgan fingerprint density at radius 1 is 1.38 bits per heavy atom. The van der Waals surface area contributed by atoms with E-state index in [1.807, 2.05) is 13.0 Å². The molecule has 120 valence electrons. The minimum atomic E-state index is -0.949. The van der Waals surface area contributed by atoms with Crippen molar-refractivity contribution in [1.29, 1.82) is 0 Å². The molecule has 5 heteroatoms. The molecule has 2 atom stereocenters. The van der Waals surface area contributed by atoms with Gasteiger partial charge in [-0.3, -0.25) is 4.90 Å². The maximum Gasteiger partial charge on any atom is 0.411 e. The number of carbonyl (C=O) groups is 2. The quantitative estimate of drug-likeness (QED) is 0.789. The van der Waals surface area contributed by atoms with E-state index in [1.165, 1.54) is 4.90 Å². The second-order valence-corrected chi connectivity index (χ2v) is 6.50. The maximum atomic E-state index is 12.4. The zero-order valence-corrected chi connectivity index (χ0v) is 13.5. The number of allylic oxidation sites excluding steroid dienone is 2. The van der Waals surface area contributed by atoms with E-state index < -0.39 is 23.7 Å². The highest BCUT2D eigenvalue weighted by Crippen LogP contribution is 2.27. The van der Waals surface area contributed by atoms with E-state index in [0.29, 0.717) is 19.4 Å². The van der Waals surface area contributed by atoms with E-state index in [-0.39, 0.29) is 5.92 Å². The van der Waals surface area contributed by atoms with Gasteiger partial charge in [-0.1, -0.05) is 19.1 Å². The van der Waals surface area contributed by atoms with E-state index in [2.05, 4.69) is 6.08 Å². The number of carboxylic acids is 1. The lowest BCUT2D eigenvalue weighted by molar-refractivity contribution is -0.145. The van der Waals surface area contributed by atoms with Crippen molar-refractivity contribution in [3.8, 4) is 0 Å². The molecular formula is C16H27NO4. The molecule has 1 N–H and O–H groups in total. The van der Waals surface area contributed by atoms with Gasteiger partial charge < -0.3 is 9.84 Å². The molecule has 1 rings (SSSR count). The van der Waals surface area contributed by atoms with E-state index in [4.69, 9.17) is 4.74 Å². The smallest absolute Gasteiger partial charge is 0.411 e. The van der Waals surface area contributed by atoms with Crippen LogP contribution in [0.1, 0.15) is 53.4 Å². The summed E-state index contributed by atoms with van der Waals surface area (Å²) in [7, 11) is 0. The van der Waals surface area contributed by atoms with Gasteiger partial charge >= 0.3 is 12.1 Å². The van der Waals surface area contributed by atoms with Crippen molar-refractivity contribution in [2.75, 3.05) is 6.54 Å². The second kappa shape index (κ2) is 7.48. The molecule has 1 aliphatic rings. The second-order valence-electron chi connectivity index (χ2n) is 6.50. The number of hydrogen-bond donors (Lipinski definition) is 1. The largest absolute Gasteiger partial charge is 0.480 e. The number of rotatable bonds is 5. The summed E-state index contributed by atoms with van der Waals surface area (Å²) in [6.07, 6.45) is 6.58. The van der Waals surface area contributed by atoms with Crippen LogP contribution in [0.3, 0.4) is 0 Å². The lowest BCUT2D eigenvalue weighted by Crippen LogP contribution is -2.51. The fraction of sp³-hybridized carbons (Fsp3) is 0.750. The van der Waals surface area contributed by atoms with Gasteiger partial charge in [-0.15, -0.1) is 0 Å². The Balaban J connectivity index is 2.94. The third kappa shape index (κ3) is 5.40. The van der Waals surface area contributed by atoms with Gasteiger partial charge in [0.1, 0.15) is 11.6 Å². The molecule has 21 heavy (non-hydrogen) atoms. The Morgan fingerprint density at radius 3 is 2.48 bits per heavy atom. The molecule has 5 nitrogen and oxygen atoms in total. The van der Waals surface area contributed by atoms with Gasteiger partial charge in [0, 0.05) is 6.54 Å². The zero-order chi connectivity index (χ0) is 16.0. The predicted octanol–water partition coefficient (Wildman–Crippen LogP) is 3.44. The Bertz CT molecular complexity index is 398. The molecule has 0 aliphatic heterocycles. The van der Waals surface area contributed by atoms with Crippen LogP contribution in [0.4, 0.5) is 4.79 Å². The number of amides is 1. The van der Waals surface area contributed by atoms with Crippen LogP contribution in [0.15, 0.2) is 12.2 Å². The van der Waals surface area contributed by atoms with Gasteiger partial charge in [0.15, 0.2) is 0 Å². The molecule has 0 aromatic rings. The van der Waals surface area contributed by atoms with Gasteiger partial charge in [-0.2, -0.15) is 0 Å². The summed E-state index contributed by atoms with van der Waals surface area (Å²) in [6.45, 7) is 7.68. The monoisotopic (exact) mass is 297 g/mol. The number of hydrogen-bond acceptors (Lipinski definition) is 3. The average molecular weight is 297 g/mol. The molecule has 0 fully saturated rings. The summed E-state index contributed by atoms with van der Waals surface area (Å²) >= 11 is 0. The summed E-state index contributed by atoms with van der Waals surface area (Å²) in [5.74, 6) is -0.999. The molecule has 0 saturated heterocycles. The molecule has 0 spiro atoms. The summed E-state index contributed by atoms with van der Waals surface area (Å²) in [6, 6.07) is -0.815. The van der Waals surface area contributed by atoms with Gasteiger partial charge in [-0.25, -0.2) is 9.59 Å². The van der Waals surface area contributed by atoms with Crippen molar-refractivity contribution in [2.45, 2.75) is 65.0 Å². The van der Waals surface area contributed by atoms with Crippen molar-refractivity contribution < 1.29 is 19.4 Å². The number of ether oxygens (including phenoxy) is 1. The molecular weight excluding hydrogens is 270 g/mol. The molecule has 1 aliphatic carbocycles. The maximum absolute atomic E-state index is 12.4. The Kier molecular flexibility index (Phi) is 6.24. The lowest BCUT2D eigenvalue weighted by Gasteiger charge is -2.35. The molecule has 0 aromatic carbocycles. The number of carbonyl (C=O) groups excluding carboxylic acids is 1. The zero-order valence-electron chi connectivity index (χ0n) is 13.5. The first-order valence-electron chi connectivity index (χ1n) is 7.63. The topological polar surface area (TPSA) is 66.8 Å². The standard InChI is InChI=1S/C16H27NO4/c1-5-11-17(15(20)21-16(2,3)4)13(14(18)19)12-9-7-6-8-10-12/h6-7,12-13H,5,8-11H2,1-4H3,(H,18,19). The third-order valence-corrected chi connectivity index (χ3v) is 3.44. The summed E-state index contributed by atoms with van der Waals surface area (Å²) in [5, 5.41) is 9.60. The predicted molar refractivity (Wildman–Crippen MR) is 81.1 cm³/mol. The first-order chi connectivity index (χ1) is 9.76. The van der Waals surface area contributed by atoms with Crippen LogP contribution < -0.4 is 0 Å². The van der Waals surface area contributed by atoms with Crippen molar-refractivity contribution >= 4 is 12.1 Å². The van der Waals surface area contributed by atoms with Crippen LogP contribution in [-0.4, -0.2) is 40.3 Å². The first-order valence-corrected chi connectivity index (χ1v) is 7.63. The summed E-state index contributed by atoms with van der Waals surface area (Å²) < 4.78 is 5.38. The third-order valence-electron chi connectivity index (χ3n) is 3.44. The average Bonchev–Trinajstić information content (AvgIpc) is 2.37.